The first-order valence-electron chi connectivity index (χ1n) is 10.1. The Bertz CT molecular complexity index is 724. The Hall–Kier alpha value is -1.17. The average Bonchev–Trinajstić information content (AvgIpc) is 2.81. The minimum Gasteiger partial charge on any atom is -0.461 e. The molecule has 3 saturated carbocycles. The van der Waals surface area contributed by atoms with Crippen LogP contribution in [0.3, 0.4) is 0 Å². The maximum absolute atomic E-state index is 11.9. The average molecular weight is 376 g/mol. The highest BCUT2D eigenvalue weighted by Gasteiger charge is 2.70. The van der Waals surface area contributed by atoms with Gasteiger partial charge in [-0.05, 0) is 38.5 Å². The van der Waals surface area contributed by atoms with E-state index in [2.05, 4.69) is 19.6 Å². The summed E-state index contributed by atoms with van der Waals surface area (Å²) in [5.74, 6) is -0.500. The van der Waals surface area contributed by atoms with Crippen LogP contribution in [0.25, 0.3) is 0 Å². The van der Waals surface area contributed by atoms with Gasteiger partial charge in [-0.2, -0.15) is 0 Å². The number of hydrogen-bond donors (Lipinski definition) is 3. The molecule has 3 N–H and O–H groups in total. The number of aliphatic hydroxyl groups excluding tert-OH is 2. The van der Waals surface area contributed by atoms with Gasteiger partial charge < -0.3 is 20.1 Å². The van der Waals surface area contributed by atoms with Crippen molar-refractivity contribution in [1.82, 2.24) is 0 Å². The zero-order chi connectivity index (χ0) is 19.9. The maximum atomic E-state index is 11.9. The van der Waals surface area contributed by atoms with E-state index in [0.717, 1.165) is 18.4 Å². The van der Waals surface area contributed by atoms with E-state index in [1.807, 2.05) is 13.8 Å². The predicted octanol–water partition coefficient (Wildman–Crippen LogP) is 2.35. The summed E-state index contributed by atoms with van der Waals surface area (Å²) in [6.07, 6.45) is 2.64. The molecule has 8 atom stereocenters. The summed E-state index contributed by atoms with van der Waals surface area (Å²) >= 11 is 0. The van der Waals surface area contributed by atoms with E-state index in [1.54, 1.807) is 0 Å². The fourth-order valence-corrected chi connectivity index (χ4v) is 6.98. The number of ether oxygens (including phenoxy) is 1. The lowest BCUT2D eigenvalue weighted by atomic mass is 9.60. The summed E-state index contributed by atoms with van der Waals surface area (Å²) in [5, 5.41) is 33.7. The van der Waals surface area contributed by atoms with Crippen LogP contribution in [0.15, 0.2) is 23.8 Å². The Morgan fingerprint density at radius 2 is 1.89 bits per heavy atom. The van der Waals surface area contributed by atoms with Gasteiger partial charge in [0.15, 0.2) is 0 Å². The Labute approximate surface area is 161 Å². The molecule has 1 spiro atoms. The number of carbonyl (C=O) groups excluding carboxylic acids is 1. The quantitative estimate of drug-likeness (QED) is 0.483. The molecule has 0 unspecified atom stereocenters. The molecule has 4 aliphatic rings. The van der Waals surface area contributed by atoms with Crippen LogP contribution in [0.1, 0.15) is 53.4 Å². The van der Waals surface area contributed by atoms with Crippen LogP contribution >= 0.6 is 0 Å². The van der Waals surface area contributed by atoms with E-state index >= 15 is 0 Å². The first kappa shape index (κ1) is 19.2. The molecule has 4 rings (SSSR count). The molecule has 0 aromatic carbocycles. The van der Waals surface area contributed by atoms with Crippen molar-refractivity contribution in [2.45, 2.75) is 77.3 Å². The molecular formula is C22H32O5. The first-order valence-corrected chi connectivity index (χ1v) is 10.1. The number of esters is 1. The minimum atomic E-state index is -1.45. The van der Waals surface area contributed by atoms with Crippen molar-refractivity contribution in [2.75, 3.05) is 0 Å². The fraction of sp³-hybridized carbons (Fsp3) is 0.773. The minimum absolute atomic E-state index is 0.0188. The summed E-state index contributed by atoms with van der Waals surface area (Å²) in [5.41, 5.74) is -0.744. The Balaban J connectivity index is 1.85. The van der Waals surface area contributed by atoms with Crippen LogP contribution in [0, 0.1) is 28.6 Å². The molecule has 0 aliphatic heterocycles. The van der Waals surface area contributed by atoms with Crippen LogP contribution in [0.2, 0.25) is 0 Å². The molecule has 0 amide bonds. The van der Waals surface area contributed by atoms with Gasteiger partial charge in [0, 0.05) is 29.6 Å². The van der Waals surface area contributed by atoms with Crippen LogP contribution in [-0.2, 0) is 9.53 Å². The van der Waals surface area contributed by atoms with Crippen LogP contribution in [0.4, 0.5) is 0 Å². The molecule has 27 heavy (non-hydrogen) atoms. The summed E-state index contributed by atoms with van der Waals surface area (Å²) in [4.78, 5) is 11.9. The van der Waals surface area contributed by atoms with Gasteiger partial charge in [-0.3, -0.25) is 4.79 Å². The molecule has 0 saturated heterocycles. The third-order valence-electron chi connectivity index (χ3n) is 8.49. The van der Waals surface area contributed by atoms with Crippen molar-refractivity contribution in [3.8, 4) is 0 Å². The Morgan fingerprint density at radius 1 is 1.22 bits per heavy atom. The van der Waals surface area contributed by atoms with Crippen LogP contribution < -0.4 is 0 Å². The molecule has 0 aromatic heterocycles. The monoisotopic (exact) mass is 376 g/mol. The highest BCUT2D eigenvalue weighted by molar-refractivity contribution is 5.66. The summed E-state index contributed by atoms with van der Waals surface area (Å²) in [6.45, 7) is 11.5. The van der Waals surface area contributed by atoms with Crippen LogP contribution in [-0.4, -0.2) is 45.2 Å². The van der Waals surface area contributed by atoms with E-state index in [0.29, 0.717) is 12.8 Å². The molecular weight excluding hydrogens is 344 g/mol. The highest BCUT2D eigenvalue weighted by atomic mass is 16.5. The van der Waals surface area contributed by atoms with Crippen molar-refractivity contribution in [3.05, 3.63) is 23.8 Å². The largest absolute Gasteiger partial charge is 0.461 e. The van der Waals surface area contributed by atoms with E-state index < -0.39 is 28.6 Å². The van der Waals surface area contributed by atoms with Gasteiger partial charge in [0.25, 0.3) is 0 Å². The Morgan fingerprint density at radius 3 is 2.52 bits per heavy atom. The second kappa shape index (κ2) is 5.68. The van der Waals surface area contributed by atoms with Crippen molar-refractivity contribution < 1.29 is 24.9 Å². The van der Waals surface area contributed by atoms with Crippen molar-refractivity contribution in [1.29, 1.82) is 0 Å². The number of aliphatic hydroxyl groups is 3. The smallest absolute Gasteiger partial charge is 0.302 e. The number of fused-ring (bicyclic) bond motifs is 2. The standard InChI is InChI=1S/C22H32O5/c1-11-9-21-10-18(25)22(26)16(8-17(24)20(22,4)5)12(2)15(21)7-6-14(11)19(21)27-13(3)23/h9,14-19,24-26H,2,6-8,10H2,1,3-5H3/t14-,15-,16-,17-,18-,19+,21+,22-/m0/s1. The topological polar surface area (TPSA) is 87.0 Å². The third kappa shape index (κ3) is 2.19. The molecule has 0 aromatic rings. The number of carbonyl (C=O) groups is 1. The number of rotatable bonds is 1. The van der Waals surface area contributed by atoms with Gasteiger partial charge >= 0.3 is 5.97 Å². The summed E-state index contributed by atoms with van der Waals surface area (Å²) < 4.78 is 5.81. The predicted molar refractivity (Wildman–Crippen MR) is 101 cm³/mol. The molecule has 3 fully saturated rings. The second-order valence-corrected chi connectivity index (χ2v) is 9.91. The van der Waals surface area contributed by atoms with Gasteiger partial charge in [-0.25, -0.2) is 0 Å². The summed E-state index contributed by atoms with van der Waals surface area (Å²) in [6, 6.07) is 0. The Kier molecular flexibility index (Phi) is 4.03. The lowest BCUT2D eigenvalue weighted by molar-refractivity contribution is -0.178. The molecule has 0 radical (unpaired) electrons. The maximum Gasteiger partial charge on any atom is 0.302 e. The fourth-order valence-electron chi connectivity index (χ4n) is 6.98. The van der Waals surface area contributed by atoms with Gasteiger partial charge in [0.2, 0.25) is 0 Å². The second-order valence-electron chi connectivity index (χ2n) is 9.91. The van der Waals surface area contributed by atoms with E-state index in [-0.39, 0.29) is 29.8 Å². The molecule has 0 heterocycles. The normalized spacial score (nSPS) is 50.5. The third-order valence-corrected chi connectivity index (χ3v) is 8.49. The van der Waals surface area contributed by atoms with Crippen molar-refractivity contribution in [3.63, 3.8) is 0 Å². The van der Waals surface area contributed by atoms with Gasteiger partial charge in [-0.1, -0.05) is 37.6 Å². The van der Waals surface area contributed by atoms with Crippen molar-refractivity contribution >= 4 is 5.97 Å². The lowest BCUT2D eigenvalue weighted by Gasteiger charge is -2.47. The van der Waals surface area contributed by atoms with E-state index in [4.69, 9.17) is 4.74 Å². The molecule has 5 heteroatoms. The van der Waals surface area contributed by atoms with Crippen LogP contribution in [0.5, 0.6) is 0 Å². The zero-order valence-corrected chi connectivity index (χ0v) is 16.7. The zero-order valence-electron chi connectivity index (χ0n) is 16.7. The van der Waals surface area contributed by atoms with E-state index in [9.17, 15) is 20.1 Å². The molecule has 4 aliphatic carbocycles. The molecule has 2 bridgehead atoms. The molecule has 150 valence electrons. The van der Waals surface area contributed by atoms with E-state index in [1.165, 1.54) is 12.5 Å². The van der Waals surface area contributed by atoms with Crippen molar-refractivity contribution in [2.24, 2.45) is 28.6 Å². The van der Waals surface area contributed by atoms with Gasteiger partial charge in [0.1, 0.15) is 11.7 Å². The molecule has 5 nitrogen and oxygen atoms in total. The number of hydrogen-bond acceptors (Lipinski definition) is 5. The van der Waals surface area contributed by atoms with Gasteiger partial charge in [0.05, 0.1) is 12.2 Å². The highest BCUT2D eigenvalue weighted by Crippen LogP contribution is 2.66. The lowest BCUT2D eigenvalue weighted by Crippen LogP contribution is -2.57. The first-order chi connectivity index (χ1) is 12.5. The van der Waals surface area contributed by atoms with Gasteiger partial charge in [-0.15, -0.1) is 0 Å². The summed E-state index contributed by atoms with van der Waals surface area (Å²) in [7, 11) is 0. The SMILES string of the molecule is C=C1[C@@H]2CC[C@H]3C(C)=C[C@]2(C[C@H](O)[C@@]2(O)[C@H]1C[C@H](O)C2(C)C)[C@@H]3OC(C)=O.